The molecule has 116 valence electrons. The van der Waals surface area contributed by atoms with Gasteiger partial charge in [0.05, 0.1) is 5.54 Å². The van der Waals surface area contributed by atoms with Crippen molar-refractivity contribution in [2.24, 2.45) is 5.73 Å². The second-order valence-electron chi connectivity index (χ2n) is 6.90. The fraction of sp³-hybridized carbons (Fsp3) is 0.933. The van der Waals surface area contributed by atoms with Crippen molar-refractivity contribution in [3.63, 3.8) is 0 Å². The molecule has 2 atom stereocenters. The normalized spacial score (nSPS) is 26.9. The van der Waals surface area contributed by atoms with Gasteiger partial charge in [0.15, 0.2) is 0 Å². The van der Waals surface area contributed by atoms with E-state index in [-0.39, 0.29) is 5.91 Å². The molecule has 0 aromatic heterocycles. The maximum atomic E-state index is 11.7. The molecule has 1 aliphatic carbocycles. The third kappa shape index (κ3) is 4.17. The summed E-state index contributed by atoms with van der Waals surface area (Å²) in [6.45, 7) is 5.14. The Bertz CT molecular complexity index is 345. The van der Waals surface area contributed by atoms with Crippen molar-refractivity contribution >= 4 is 5.91 Å². The van der Waals surface area contributed by atoms with E-state index in [0.29, 0.717) is 12.1 Å². The van der Waals surface area contributed by atoms with E-state index in [2.05, 4.69) is 29.2 Å². The largest absolute Gasteiger partial charge is 0.368 e. The first-order valence-corrected chi connectivity index (χ1v) is 7.87. The zero-order valence-corrected chi connectivity index (χ0v) is 13.2. The molecule has 2 fully saturated rings. The van der Waals surface area contributed by atoms with Crippen molar-refractivity contribution in [2.75, 3.05) is 33.7 Å². The Morgan fingerprint density at radius 2 is 2.15 bits per heavy atom. The number of rotatable bonds is 8. The molecule has 2 rings (SSSR count). The van der Waals surface area contributed by atoms with Crippen molar-refractivity contribution in [2.45, 2.75) is 56.7 Å². The summed E-state index contributed by atoms with van der Waals surface area (Å²) in [5.41, 5.74) is 5.03. The number of primary amides is 1. The highest BCUT2D eigenvalue weighted by Gasteiger charge is 2.37. The summed E-state index contributed by atoms with van der Waals surface area (Å²) in [6, 6.07) is 1.16. The number of likely N-dealkylation sites (N-methyl/N-ethyl adjacent to an activating group) is 2. The summed E-state index contributed by atoms with van der Waals surface area (Å²) >= 11 is 0. The predicted octanol–water partition coefficient (Wildman–Crippen LogP) is 0.399. The van der Waals surface area contributed by atoms with Gasteiger partial charge in [-0.15, -0.1) is 0 Å². The SMILES string of the molecule is CN(CCC(C)(NC1CC1)C(N)=O)CC1CCCN1C. The van der Waals surface area contributed by atoms with E-state index in [4.69, 9.17) is 5.73 Å². The molecule has 2 aliphatic rings. The van der Waals surface area contributed by atoms with E-state index in [1.807, 2.05) is 6.92 Å². The minimum Gasteiger partial charge on any atom is -0.368 e. The maximum absolute atomic E-state index is 11.7. The highest BCUT2D eigenvalue weighted by Crippen LogP contribution is 2.24. The second kappa shape index (κ2) is 6.41. The minimum absolute atomic E-state index is 0.226. The van der Waals surface area contributed by atoms with Gasteiger partial charge >= 0.3 is 0 Å². The number of carbonyl (C=O) groups is 1. The zero-order chi connectivity index (χ0) is 14.8. The monoisotopic (exact) mass is 282 g/mol. The first kappa shape index (κ1) is 15.7. The lowest BCUT2D eigenvalue weighted by molar-refractivity contribution is -0.124. The number of nitrogens with one attached hydrogen (secondary N) is 1. The molecule has 0 bridgehead atoms. The molecule has 1 aliphatic heterocycles. The lowest BCUT2D eigenvalue weighted by atomic mass is 9.96. The molecule has 0 radical (unpaired) electrons. The van der Waals surface area contributed by atoms with Crippen molar-refractivity contribution in [1.29, 1.82) is 0 Å². The summed E-state index contributed by atoms with van der Waals surface area (Å²) in [5.74, 6) is -0.226. The average molecular weight is 282 g/mol. The number of hydrogen-bond acceptors (Lipinski definition) is 4. The number of nitrogens with two attached hydrogens (primary N) is 1. The molecule has 1 saturated heterocycles. The van der Waals surface area contributed by atoms with Crippen LogP contribution in [-0.4, -0.2) is 67.1 Å². The Labute approximate surface area is 122 Å². The average Bonchev–Trinajstić information content (AvgIpc) is 3.10. The molecule has 20 heavy (non-hydrogen) atoms. The lowest BCUT2D eigenvalue weighted by Crippen LogP contribution is -2.55. The summed E-state index contributed by atoms with van der Waals surface area (Å²) < 4.78 is 0. The Balaban J connectivity index is 1.77. The molecule has 5 nitrogen and oxygen atoms in total. The fourth-order valence-corrected chi connectivity index (χ4v) is 3.02. The molecule has 0 aromatic rings. The van der Waals surface area contributed by atoms with Crippen LogP contribution in [0.3, 0.4) is 0 Å². The van der Waals surface area contributed by atoms with Crippen molar-refractivity contribution in [3.05, 3.63) is 0 Å². The number of amides is 1. The van der Waals surface area contributed by atoms with Crippen molar-refractivity contribution in [3.8, 4) is 0 Å². The van der Waals surface area contributed by atoms with Crippen LogP contribution in [0.4, 0.5) is 0 Å². The van der Waals surface area contributed by atoms with Crippen LogP contribution in [0.1, 0.15) is 39.0 Å². The molecule has 3 N–H and O–H groups in total. The standard InChI is InChI=1S/C15H30N4O/c1-15(14(16)20,17-12-6-7-12)8-10-18(2)11-13-5-4-9-19(13)3/h12-13,17H,4-11H2,1-3H3,(H2,16,20). The van der Waals surface area contributed by atoms with E-state index in [1.54, 1.807) is 0 Å². The fourth-order valence-electron chi connectivity index (χ4n) is 3.02. The van der Waals surface area contributed by atoms with Gasteiger partial charge in [0.25, 0.3) is 0 Å². The van der Waals surface area contributed by atoms with Crippen LogP contribution in [0.25, 0.3) is 0 Å². The van der Waals surface area contributed by atoms with Gasteiger partial charge in [-0.2, -0.15) is 0 Å². The molecule has 0 aromatic carbocycles. The van der Waals surface area contributed by atoms with Crippen molar-refractivity contribution < 1.29 is 4.79 Å². The van der Waals surface area contributed by atoms with E-state index >= 15 is 0 Å². The number of likely N-dealkylation sites (tertiary alicyclic amines) is 1. The van der Waals surface area contributed by atoms with Gasteiger partial charge in [-0.05, 0) is 59.7 Å². The van der Waals surface area contributed by atoms with Crippen LogP contribution in [0, 0.1) is 0 Å². The summed E-state index contributed by atoms with van der Waals surface area (Å²) in [7, 11) is 4.35. The van der Waals surface area contributed by atoms with Gasteiger partial charge in [-0.1, -0.05) is 0 Å². The summed E-state index contributed by atoms with van der Waals surface area (Å²) in [5, 5.41) is 3.41. The van der Waals surface area contributed by atoms with Gasteiger partial charge in [0.1, 0.15) is 0 Å². The summed E-state index contributed by atoms with van der Waals surface area (Å²) in [6.07, 6.45) is 5.72. The summed E-state index contributed by atoms with van der Waals surface area (Å²) in [4.78, 5) is 16.5. The van der Waals surface area contributed by atoms with Gasteiger partial charge < -0.3 is 20.9 Å². The van der Waals surface area contributed by atoms with Gasteiger partial charge in [0.2, 0.25) is 5.91 Å². The van der Waals surface area contributed by atoms with Crippen LogP contribution in [-0.2, 0) is 4.79 Å². The highest BCUT2D eigenvalue weighted by atomic mass is 16.1. The maximum Gasteiger partial charge on any atom is 0.237 e. The number of hydrogen-bond donors (Lipinski definition) is 2. The predicted molar refractivity (Wildman–Crippen MR) is 81.5 cm³/mol. The van der Waals surface area contributed by atoms with Gasteiger partial charge in [0, 0.05) is 25.2 Å². The van der Waals surface area contributed by atoms with Crippen LogP contribution in [0.5, 0.6) is 0 Å². The molecule has 1 saturated carbocycles. The quantitative estimate of drug-likeness (QED) is 0.676. The zero-order valence-electron chi connectivity index (χ0n) is 13.2. The number of carbonyl (C=O) groups excluding carboxylic acids is 1. The Hall–Kier alpha value is -0.650. The molecule has 1 heterocycles. The van der Waals surface area contributed by atoms with E-state index < -0.39 is 5.54 Å². The molecule has 1 amide bonds. The second-order valence-corrected chi connectivity index (χ2v) is 6.90. The van der Waals surface area contributed by atoms with Crippen LogP contribution in [0.15, 0.2) is 0 Å². The van der Waals surface area contributed by atoms with E-state index in [0.717, 1.165) is 19.5 Å². The molecule has 2 unspecified atom stereocenters. The first-order chi connectivity index (χ1) is 9.40. The van der Waals surface area contributed by atoms with Crippen LogP contribution in [0.2, 0.25) is 0 Å². The van der Waals surface area contributed by atoms with Crippen molar-refractivity contribution in [1.82, 2.24) is 15.1 Å². The van der Waals surface area contributed by atoms with Crippen LogP contribution >= 0.6 is 0 Å². The van der Waals surface area contributed by atoms with E-state index in [1.165, 1.54) is 32.2 Å². The molecule has 5 heteroatoms. The third-order valence-corrected chi connectivity index (χ3v) is 4.83. The Morgan fingerprint density at radius 1 is 1.45 bits per heavy atom. The Kier molecular flexibility index (Phi) is 5.04. The lowest BCUT2D eigenvalue weighted by Gasteiger charge is -2.31. The highest BCUT2D eigenvalue weighted by molar-refractivity contribution is 5.84. The smallest absolute Gasteiger partial charge is 0.237 e. The minimum atomic E-state index is -0.559. The van der Waals surface area contributed by atoms with E-state index in [9.17, 15) is 4.79 Å². The van der Waals surface area contributed by atoms with Crippen LogP contribution < -0.4 is 11.1 Å². The third-order valence-electron chi connectivity index (χ3n) is 4.83. The molecular weight excluding hydrogens is 252 g/mol. The van der Waals surface area contributed by atoms with Gasteiger partial charge in [-0.3, -0.25) is 4.79 Å². The van der Waals surface area contributed by atoms with Gasteiger partial charge in [-0.25, -0.2) is 0 Å². The topological polar surface area (TPSA) is 61.6 Å². The Morgan fingerprint density at radius 3 is 2.65 bits per heavy atom. The number of nitrogens with zero attached hydrogens (tertiary/aromatic N) is 2. The first-order valence-electron chi connectivity index (χ1n) is 7.87. The molecule has 0 spiro atoms. The molecular formula is C15H30N4O.